The van der Waals surface area contributed by atoms with Crippen LogP contribution in [0.15, 0.2) is 24.3 Å². The predicted molar refractivity (Wildman–Crippen MR) is 80.3 cm³/mol. The van der Waals surface area contributed by atoms with Crippen molar-refractivity contribution in [3.63, 3.8) is 0 Å². The van der Waals surface area contributed by atoms with Gasteiger partial charge in [-0.05, 0) is 49.7 Å². The van der Waals surface area contributed by atoms with E-state index < -0.39 is 0 Å². The molecule has 0 saturated heterocycles. The van der Waals surface area contributed by atoms with Gasteiger partial charge >= 0.3 is 0 Å². The summed E-state index contributed by atoms with van der Waals surface area (Å²) < 4.78 is 0. The van der Waals surface area contributed by atoms with Crippen LogP contribution in [-0.2, 0) is 4.79 Å². The Morgan fingerprint density at radius 3 is 2.70 bits per heavy atom. The second-order valence-electron chi connectivity index (χ2n) is 6.19. The summed E-state index contributed by atoms with van der Waals surface area (Å²) in [6, 6.07) is 7.59. The lowest BCUT2D eigenvalue weighted by Gasteiger charge is -2.28. The molecule has 2 aliphatic rings. The van der Waals surface area contributed by atoms with Crippen molar-refractivity contribution in [2.75, 3.05) is 0 Å². The topological polar surface area (TPSA) is 55.1 Å². The normalized spacial score (nSPS) is 33.1. The van der Waals surface area contributed by atoms with Gasteiger partial charge in [0, 0.05) is 11.1 Å². The number of hydrogen-bond acceptors (Lipinski definition) is 2. The van der Waals surface area contributed by atoms with E-state index >= 15 is 0 Å². The van der Waals surface area contributed by atoms with E-state index in [1.165, 1.54) is 6.42 Å². The second kappa shape index (κ2) is 5.38. The molecule has 2 saturated carbocycles. The highest BCUT2D eigenvalue weighted by molar-refractivity contribution is 6.31. The molecule has 3 N–H and O–H groups in total. The quantitative estimate of drug-likeness (QED) is 0.900. The SMILES string of the molecule is CC(NC(=O)C1C2CCC(C2)C1N)c1ccccc1Cl. The van der Waals surface area contributed by atoms with Crippen molar-refractivity contribution in [3.05, 3.63) is 34.9 Å². The Bertz CT molecular complexity index is 517. The second-order valence-corrected chi connectivity index (χ2v) is 6.60. The lowest BCUT2D eigenvalue weighted by molar-refractivity contribution is -0.127. The van der Waals surface area contributed by atoms with Gasteiger partial charge in [0.15, 0.2) is 0 Å². The summed E-state index contributed by atoms with van der Waals surface area (Å²) >= 11 is 6.18. The molecule has 3 nitrogen and oxygen atoms in total. The molecule has 1 amide bonds. The van der Waals surface area contributed by atoms with E-state index in [0.717, 1.165) is 18.4 Å². The molecule has 0 heterocycles. The number of fused-ring (bicyclic) bond motifs is 2. The first-order valence-corrected chi connectivity index (χ1v) is 7.76. The lowest BCUT2D eigenvalue weighted by atomic mass is 9.84. The van der Waals surface area contributed by atoms with Crippen LogP contribution in [0.4, 0.5) is 0 Å². The molecule has 2 bridgehead atoms. The third-order valence-electron chi connectivity index (χ3n) is 5.01. The maximum atomic E-state index is 12.5. The van der Waals surface area contributed by atoms with Crippen molar-refractivity contribution in [1.82, 2.24) is 5.32 Å². The zero-order chi connectivity index (χ0) is 14.3. The van der Waals surface area contributed by atoms with E-state index in [1.807, 2.05) is 31.2 Å². The number of hydrogen-bond donors (Lipinski definition) is 2. The van der Waals surface area contributed by atoms with Gasteiger partial charge in [0.05, 0.1) is 12.0 Å². The highest BCUT2D eigenvalue weighted by Gasteiger charge is 2.49. The number of rotatable bonds is 3. The summed E-state index contributed by atoms with van der Waals surface area (Å²) in [4.78, 5) is 12.5. The molecule has 0 radical (unpaired) electrons. The molecule has 1 aromatic carbocycles. The molecular weight excluding hydrogens is 272 g/mol. The molecule has 5 atom stereocenters. The van der Waals surface area contributed by atoms with Gasteiger partial charge in [0.25, 0.3) is 0 Å². The Kier molecular flexibility index (Phi) is 3.74. The third kappa shape index (κ3) is 2.33. The first kappa shape index (κ1) is 13.9. The molecule has 3 rings (SSSR count). The van der Waals surface area contributed by atoms with Crippen LogP contribution in [0.2, 0.25) is 5.02 Å². The number of benzene rings is 1. The van der Waals surface area contributed by atoms with Gasteiger partial charge in [-0.25, -0.2) is 0 Å². The molecule has 20 heavy (non-hydrogen) atoms. The smallest absolute Gasteiger partial charge is 0.225 e. The third-order valence-corrected chi connectivity index (χ3v) is 5.36. The Morgan fingerprint density at radius 2 is 2.05 bits per heavy atom. The first-order chi connectivity index (χ1) is 9.58. The molecule has 5 unspecified atom stereocenters. The van der Waals surface area contributed by atoms with Crippen LogP contribution in [0.1, 0.15) is 37.8 Å². The molecule has 2 aliphatic carbocycles. The van der Waals surface area contributed by atoms with E-state index in [0.29, 0.717) is 16.9 Å². The number of halogens is 1. The summed E-state index contributed by atoms with van der Waals surface area (Å²) in [5.41, 5.74) is 7.18. The van der Waals surface area contributed by atoms with Crippen molar-refractivity contribution in [1.29, 1.82) is 0 Å². The zero-order valence-electron chi connectivity index (χ0n) is 11.7. The van der Waals surface area contributed by atoms with Gasteiger partial charge in [0.2, 0.25) is 5.91 Å². The summed E-state index contributed by atoms with van der Waals surface area (Å²) in [6.45, 7) is 1.97. The number of nitrogens with two attached hydrogens (primary N) is 1. The monoisotopic (exact) mass is 292 g/mol. The van der Waals surface area contributed by atoms with Gasteiger partial charge in [0.1, 0.15) is 0 Å². The molecule has 0 aromatic heterocycles. The fraction of sp³-hybridized carbons (Fsp3) is 0.562. The standard InChI is InChI=1S/C16H21ClN2O/c1-9(12-4-2-3-5-13(12)17)19-16(20)14-10-6-7-11(8-10)15(14)18/h2-5,9-11,14-15H,6-8,18H2,1H3,(H,19,20). The predicted octanol–water partition coefficient (Wildman–Crippen LogP) is 2.89. The fourth-order valence-corrected chi connectivity index (χ4v) is 4.24. The Balaban J connectivity index is 1.69. The maximum Gasteiger partial charge on any atom is 0.225 e. The first-order valence-electron chi connectivity index (χ1n) is 7.38. The number of amides is 1. The van der Waals surface area contributed by atoms with Crippen LogP contribution in [0, 0.1) is 17.8 Å². The summed E-state index contributed by atoms with van der Waals surface area (Å²) in [5.74, 6) is 1.11. The zero-order valence-corrected chi connectivity index (χ0v) is 12.4. The van der Waals surface area contributed by atoms with E-state index in [4.69, 9.17) is 17.3 Å². The number of nitrogens with one attached hydrogen (secondary N) is 1. The molecule has 4 heteroatoms. The highest BCUT2D eigenvalue weighted by Crippen LogP contribution is 2.47. The van der Waals surface area contributed by atoms with E-state index in [2.05, 4.69) is 5.32 Å². The van der Waals surface area contributed by atoms with Crippen LogP contribution < -0.4 is 11.1 Å². The summed E-state index contributed by atoms with van der Waals surface area (Å²) in [7, 11) is 0. The maximum absolute atomic E-state index is 12.5. The molecule has 108 valence electrons. The lowest BCUT2D eigenvalue weighted by Crippen LogP contribution is -2.45. The van der Waals surface area contributed by atoms with Gasteiger partial charge in [-0.3, -0.25) is 4.79 Å². The Hall–Kier alpha value is -1.06. The molecule has 0 aliphatic heterocycles. The summed E-state index contributed by atoms with van der Waals surface area (Å²) in [5, 5.41) is 3.78. The van der Waals surface area contributed by atoms with Crippen molar-refractivity contribution in [2.24, 2.45) is 23.5 Å². The minimum absolute atomic E-state index is 0.0151. The number of carbonyl (C=O) groups is 1. The van der Waals surface area contributed by atoms with Gasteiger partial charge < -0.3 is 11.1 Å². The van der Waals surface area contributed by atoms with E-state index in [1.54, 1.807) is 0 Å². The van der Waals surface area contributed by atoms with E-state index in [9.17, 15) is 4.79 Å². The highest BCUT2D eigenvalue weighted by atomic mass is 35.5. The van der Waals surface area contributed by atoms with E-state index in [-0.39, 0.29) is 23.9 Å². The summed E-state index contributed by atoms with van der Waals surface area (Å²) in [6.07, 6.45) is 3.46. The average molecular weight is 293 g/mol. The van der Waals surface area contributed by atoms with Gasteiger partial charge in [-0.1, -0.05) is 29.8 Å². The van der Waals surface area contributed by atoms with Gasteiger partial charge in [-0.15, -0.1) is 0 Å². The molecule has 0 spiro atoms. The van der Waals surface area contributed by atoms with Crippen LogP contribution in [0.25, 0.3) is 0 Å². The van der Waals surface area contributed by atoms with Crippen LogP contribution in [0.5, 0.6) is 0 Å². The molecule has 1 aromatic rings. The molecule has 2 fully saturated rings. The van der Waals surface area contributed by atoms with Crippen LogP contribution in [0.3, 0.4) is 0 Å². The average Bonchev–Trinajstić information content (AvgIpc) is 2.99. The minimum Gasteiger partial charge on any atom is -0.349 e. The van der Waals surface area contributed by atoms with Crippen molar-refractivity contribution in [2.45, 2.75) is 38.3 Å². The van der Waals surface area contributed by atoms with Crippen molar-refractivity contribution >= 4 is 17.5 Å². The Morgan fingerprint density at radius 1 is 1.35 bits per heavy atom. The fourth-order valence-electron chi connectivity index (χ4n) is 3.94. The Labute approximate surface area is 124 Å². The van der Waals surface area contributed by atoms with Crippen LogP contribution in [-0.4, -0.2) is 11.9 Å². The van der Waals surface area contributed by atoms with Crippen molar-refractivity contribution < 1.29 is 4.79 Å². The van der Waals surface area contributed by atoms with Crippen molar-refractivity contribution in [3.8, 4) is 0 Å². The number of carbonyl (C=O) groups excluding carboxylic acids is 1. The minimum atomic E-state index is -0.0810. The molecular formula is C16H21ClN2O. The van der Waals surface area contributed by atoms with Gasteiger partial charge in [-0.2, -0.15) is 0 Å². The largest absolute Gasteiger partial charge is 0.349 e. The van der Waals surface area contributed by atoms with Crippen LogP contribution >= 0.6 is 11.6 Å².